The Morgan fingerprint density at radius 2 is 2.35 bits per heavy atom. The molecule has 1 unspecified atom stereocenters. The Morgan fingerprint density at radius 1 is 1.40 bits per heavy atom. The summed E-state index contributed by atoms with van der Waals surface area (Å²) in [6.07, 6.45) is 7.93. The Kier molecular flexibility index (Phi) is 3.97. The summed E-state index contributed by atoms with van der Waals surface area (Å²) in [6, 6.07) is 4.01. The van der Waals surface area contributed by atoms with Gasteiger partial charge in [-0.2, -0.15) is 0 Å². The lowest BCUT2D eigenvalue weighted by Crippen LogP contribution is -2.24. The van der Waals surface area contributed by atoms with Crippen molar-refractivity contribution in [2.24, 2.45) is 5.92 Å². The van der Waals surface area contributed by atoms with Crippen LogP contribution < -0.4 is 5.32 Å². The lowest BCUT2D eigenvalue weighted by atomic mass is 10.0. The van der Waals surface area contributed by atoms with Crippen LogP contribution in [0.4, 0.5) is 5.69 Å². The number of ether oxygens (including phenoxy) is 1. The number of pyridine rings is 1. The molecule has 106 valence electrons. The van der Waals surface area contributed by atoms with E-state index in [4.69, 9.17) is 4.74 Å². The number of aromatic nitrogens is 3. The highest BCUT2D eigenvalue weighted by molar-refractivity contribution is 5.57. The fourth-order valence-corrected chi connectivity index (χ4v) is 2.55. The minimum Gasteiger partial charge on any atom is -0.382 e. The molecule has 5 heteroatoms. The highest BCUT2D eigenvalue weighted by Crippen LogP contribution is 2.20. The summed E-state index contributed by atoms with van der Waals surface area (Å²) in [5, 5.41) is 3.51. The van der Waals surface area contributed by atoms with Crippen LogP contribution in [-0.4, -0.2) is 34.3 Å². The first-order valence-corrected chi connectivity index (χ1v) is 7.11. The molecule has 2 aromatic rings. The van der Waals surface area contributed by atoms with Crippen molar-refractivity contribution in [3.8, 4) is 5.82 Å². The normalized spacial score (nSPS) is 18.9. The number of imidazole rings is 1. The van der Waals surface area contributed by atoms with Gasteiger partial charge < -0.3 is 10.1 Å². The first kappa shape index (κ1) is 13.1. The summed E-state index contributed by atoms with van der Waals surface area (Å²) >= 11 is 0. The number of hydrogen-bond donors (Lipinski definition) is 1. The monoisotopic (exact) mass is 272 g/mol. The average Bonchev–Trinajstić information content (AvgIpc) is 2.92. The van der Waals surface area contributed by atoms with Crippen molar-refractivity contribution in [3.63, 3.8) is 0 Å². The van der Waals surface area contributed by atoms with E-state index in [0.717, 1.165) is 43.5 Å². The molecule has 0 bridgehead atoms. The molecule has 0 saturated carbocycles. The maximum absolute atomic E-state index is 5.52. The number of rotatable bonds is 4. The third-order valence-electron chi connectivity index (χ3n) is 3.68. The number of nitrogens with zero attached hydrogens (tertiary/aromatic N) is 3. The van der Waals surface area contributed by atoms with Gasteiger partial charge in [-0.15, -0.1) is 0 Å². The first-order chi connectivity index (χ1) is 9.84. The zero-order valence-corrected chi connectivity index (χ0v) is 11.7. The van der Waals surface area contributed by atoms with Crippen LogP contribution in [0.5, 0.6) is 0 Å². The molecule has 3 rings (SSSR count). The van der Waals surface area contributed by atoms with Crippen LogP contribution in [0, 0.1) is 12.8 Å². The third-order valence-corrected chi connectivity index (χ3v) is 3.68. The van der Waals surface area contributed by atoms with Crippen molar-refractivity contribution < 1.29 is 4.74 Å². The maximum Gasteiger partial charge on any atom is 0.161 e. The van der Waals surface area contributed by atoms with Crippen LogP contribution in [0.15, 0.2) is 30.7 Å². The Bertz CT molecular complexity index is 561. The average molecular weight is 272 g/mol. The summed E-state index contributed by atoms with van der Waals surface area (Å²) in [7, 11) is 0. The van der Waals surface area contributed by atoms with Gasteiger partial charge in [-0.1, -0.05) is 0 Å². The van der Waals surface area contributed by atoms with Gasteiger partial charge in [0.05, 0.1) is 12.3 Å². The largest absolute Gasteiger partial charge is 0.382 e. The van der Waals surface area contributed by atoms with E-state index in [1.807, 2.05) is 30.0 Å². The summed E-state index contributed by atoms with van der Waals surface area (Å²) in [4.78, 5) is 8.73. The lowest BCUT2D eigenvalue weighted by Gasteiger charge is -2.23. The van der Waals surface area contributed by atoms with E-state index in [1.165, 1.54) is 6.42 Å². The molecule has 1 fully saturated rings. The molecule has 0 amide bonds. The van der Waals surface area contributed by atoms with E-state index in [1.54, 1.807) is 6.20 Å². The molecule has 20 heavy (non-hydrogen) atoms. The Labute approximate surface area is 119 Å². The van der Waals surface area contributed by atoms with Crippen LogP contribution in [0.3, 0.4) is 0 Å². The molecule has 1 aliphatic rings. The zero-order chi connectivity index (χ0) is 13.8. The van der Waals surface area contributed by atoms with E-state index in [-0.39, 0.29) is 0 Å². The molecule has 1 atom stereocenters. The van der Waals surface area contributed by atoms with Gasteiger partial charge in [0, 0.05) is 31.7 Å². The van der Waals surface area contributed by atoms with E-state index in [9.17, 15) is 0 Å². The SMILES string of the molecule is Cc1nccn1-c1ncccc1NCC1CCCOC1. The fraction of sp³-hybridized carbons (Fsp3) is 0.467. The standard InChI is InChI=1S/C15H20N4O/c1-12-16-7-8-19(12)15-14(5-2-6-17-15)18-10-13-4-3-9-20-11-13/h2,5-8,13,18H,3-4,9-11H2,1H3. The minimum atomic E-state index is 0.584. The van der Waals surface area contributed by atoms with Crippen LogP contribution >= 0.6 is 0 Å². The van der Waals surface area contributed by atoms with E-state index < -0.39 is 0 Å². The second kappa shape index (κ2) is 6.05. The molecule has 1 N–H and O–H groups in total. The molecule has 0 aliphatic carbocycles. The molecular formula is C15H20N4O. The molecule has 3 heterocycles. The van der Waals surface area contributed by atoms with E-state index >= 15 is 0 Å². The Hall–Kier alpha value is -1.88. The maximum atomic E-state index is 5.52. The highest BCUT2D eigenvalue weighted by atomic mass is 16.5. The van der Waals surface area contributed by atoms with Crippen molar-refractivity contribution >= 4 is 5.69 Å². The molecule has 0 aromatic carbocycles. The number of nitrogens with one attached hydrogen (secondary N) is 1. The molecule has 2 aromatic heterocycles. The van der Waals surface area contributed by atoms with Crippen LogP contribution in [0.25, 0.3) is 5.82 Å². The molecule has 1 saturated heterocycles. The zero-order valence-electron chi connectivity index (χ0n) is 11.7. The predicted octanol–water partition coefficient (Wildman–Crippen LogP) is 2.41. The van der Waals surface area contributed by atoms with Gasteiger partial charge in [0.2, 0.25) is 0 Å². The summed E-state index contributed by atoms with van der Waals surface area (Å²) in [6.45, 7) is 4.66. The number of hydrogen-bond acceptors (Lipinski definition) is 4. The van der Waals surface area contributed by atoms with Gasteiger partial charge in [-0.25, -0.2) is 9.97 Å². The first-order valence-electron chi connectivity index (χ1n) is 7.11. The quantitative estimate of drug-likeness (QED) is 0.928. The van der Waals surface area contributed by atoms with Gasteiger partial charge in [0.15, 0.2) is 5.82 Å². The molecule has 1 aliphatic heterocycles. The smallest absolute Gasteiger partial charge is 0.161 e. The Balaban J connectivity index is 1.74. The lowest BCUT2D eigenvalue weighted by molar-refractivity contribution is 0.0595. The molecular weight excluding hydrogens is 252 g/mol. The van der Waals surface area contributed by atoms with Crippen molar-refractivity contribution in [2.45, 2.75) is 19.8 Å². The second-order valence-corrected chi connectivity index (χ2v) is 5.18. The topological polar surface area (TPSA) is 52.0 Å². The molecule has 0 radical (unpaired) electrons. The Morgan fingerprint density at radius 3 is 3.10 bits per heavy atom. The van der Waals surface area contributed by atoms with Crippen molar-refractivity contribution in [1.82, 2.24) is 14.5 Å². The third kappa shape index (κ3) is 2.82. The number of aryl methyl sites for hydroxylation is 1. The van der Waals surface area contributed by atoms with Crippen LogP contribution in [-0.2, 0) is 4.74 Å². The number of anilines is 1. The van der Waals surface area contributed by atoms with Crippen molar-refractivity contribution in [1.29, 1.82) is 0 Å². The molecule has 0 spiro atoms. The van der Waals surface area contributed by atoms with Gasteiger partial charge in [0.1, 0.15) is 5.82 Å². The summed E-state index contributed by atoms with van der Waals surface area (Å²) < 4.78 is 7.52. The van der Waals surface area contributed by atoms with Gasteiger partial charge >= 0.3 is 0 Å². The highest BCUT2D eigenvalue weighted by Gasteiger charge is 2.15. The van der Waals surface area contributed by atoms with Crippen molar-refractivity contribution in [3.05, 3.63) is 36.5 Å². The van der Waals surface area contributed by atoms with E-state index in [0.29, 0.717) is 5.92 Å². The summed E-state index contributed by atoms with van der Waals surface area (Å²) in [5.41, 5.74) is 1.04. The van der Waals surface area contributed by atoms with E-state index in [2.05, 4.69) is 21.4 Å². The van der Waals surface area contributed by atoms with Gasteiger partial charge in [-0.3, -0.25) is 4.57 Å². The molecule has 5 nitrogen and oxygen atoms in total. The minimum absolute atomic E-state index is 0.584. The fourth-order valence-electron chi connectivity index (χ4n) is 2.55. The predicted molar refractivity (Wildman–Crippen MR) is 78.1 cm³/mol. The van der Waals surface area contributed by atoms with Crippen LogP contribution in [0.1, 0.15) is 18.7 Å². The summed E-state index contributed by atoms with van der Waals surface area (Å²) in [5.74, 6) is 2.42. The van der Waals surface area contributed by atoms with Crippen LogP contribution in [0.2, 0.25) is 0 Å². The van der Waals surface area contributed by atoms with Gasteiger partial charge in [0.25, 0.3) is 0 Å². The van der Waals surface area contributed by atoms with Gasteiger partial charge in [-0.05, 0) is 37.8 Å². The van der Waals surface area contributed by atoms with Crippen molar-refractivity contribution in [2.75, 3.05) is 25.1 Å². The second-order valence-electron chi connectivity index (χ2n) is 5.18.